The van der Waals surface area contributed by atoms with E-state index in [0.717, 1.165) is 51.4 Å². The maximum atomic E-state index is 13.1. The van der Waals surface area contributed by atoms with Crippen LogP contribution >= 0.6 is 0 Å². The number of hydrogen-bond acceptors (Lipinski definition) is 10. The minimum Gasteiger partial charge on any atom is -0.394 e. The molecule has 1 heterocycles. The van der Waals surface area contributed by atoms with Crippen LogP contribution in [-0.4, -0.2) is 110 Å². The van der Waals surface area contributed by atoms with Crippen molar-refractivity contribution in [3.63, 3.8) is 0 Å². The minimum absolute atomic E-state index is 0.239. The molecule has 11 heteroatoms. The molecule has 71 heavy (non-hydrogen) atoms. The zero-order valence-corrected chi connectivity index (χ0v) is 45.2. The van der Waals surface area contributed by atoms with Crippen molar-refractivity contribution < 1.29 is 50.0 Å². The van der Waals surface area contributed by atoms with E-state index in [1.165, 1.54) is 148 Å². The maximum absolute atomic E-state index is 13.1. The van der Waals surface area contributed by atoms with Gasteiger partial charge in [-0.25, -0.2) is 0 Å². The summed E-state index contributed by atoms with van der Waals surface area (Å²) in [5.74, 6) is -0.714. The van der Waals surface area contributed by atoms with Gasteiger partial charge in [0.05, 0.1) is 25.4 Å². The lowest BCUT2D eigenvalue weighted by atomic mass is 9.98. The molecule has 0 bridgehead atoms. The topological polar surface area (TPSA) is 189 Å². The first kappa shape index (κ1) is 66.8. The zero-order valence-electron chi connectivity index (χ0n) is 45.2. The minimum atomic E-state index is -1.67. The van der Waals surface area contributed by atoms with Gasteiger partial charge in [-0.15, -0.1) is 0 Å². The molecule has 0 aromatic carbocycles. The third kappa shape index (κ3) is 37.2. The van der Waals surface area contributed by atoms with Gasteiger partial charge < -0.3 is 50.5 Å². The van der Waals surface area contributed by atoms with Gasteiger partial charge in [0.15, 0.2) is 6.29 Å². The van der Waals surface area contributed by atoms with Gasteiger partial charge in [0.2, 0.25) is 5.91 Å². The van der Waals surface area contributed by atoms with Crippen molar-refractivity contribution in [1.82, 2.24) is 5.32 Å². The first-order valence-electron chi connectivity index (χ1n) is 29.2. The standard InChI is InChI=1S/C60H109NO10/c1-3-5-7-9-11-13-15-17-18-19-20-21-22-23-24-25-26-27-28-29-30-31-32-33-34-35-36-38-40-42-44-46-48-53(64)59(69)61-51(50-70-60-58(68)57(67)56(66)54(49-62)71-60)55(65)52(63)47-45-43-41-39-37-16-14-12-10-8-6-4-2/h4,6,12,14,20-21,23-24,39,41,51-58,60,62-68H,3,5,7-11,13,15-19,22,25-38,40,42-50H2,1-2H3,(H,61,69)/b6-4+,14-12+,21-20-,24-23-,41-39+. The summed E-state index contributed by atoms with van der Waals surface area (Å²) in [5, 5.41) is 75.9. The van der Waals surface area contributed by atoms with Crippen LogP contribution in [0.15, 0.2) is 60.8 Å². The van der Waals surface area contributed by atoms with Crippen LogP contribution in [0.25, 0.3) is 0 Å². The summed E-state index contributed by atoms with van der Waals surface area (Å²) in [5.41, 5.74) is 0. The molecule has 1 rings (SSSR count). The number of carbonyl (C=O) groups excluding carboxylic acids is 1. The second kappa shape index (κ2) is 48.7. The molecule has 8 N–H and O–H groups in total. The molecule has 414 valence electrons. The van der Waals surface area contributed by atoms with Gasteiger partial charge in [0.1, 0.15) is 36.6 Å². The Balaban J connectivity index is 2.21. The lowest BCUT2D eigenvalue weighted by Crippen LogP contribution is -2.60. The predicted molar refractivity (Wildman–Crippen MR) is 293 cm³/mol. The van der Waals surface area contributed by atoms with E-state index >= 15 is 0 Å². The van der Waals surface area contributed by atoms with Gasteiger partial charge in [-0.1, -0.05) is 215 Å². The van der Waals surface area contributed by atoms with Gasteiger partial charge in [0.25, 0.3) is 0 Å². The maximum Gasteiger partial charge on any atom is 0.249 e. The lowest BCUT2D eigenvalue weighted by molar-refractivity contribution is -0.303. The smallest absolute Gasteiger partial charge is 0.249 e. The number of rotatable bonds is 49. The van der Waals surface area contributed by atoms with Crippen LogP contribution in [0.2, 0.25) is 0 Å². The molecule has 0 aromatic rings. The number of carbonyl (C=O) groups is 1. The summed E-state index contributed by atoms with van der Waals surface area (Å²) < 4.78 is 11.1. The molecular formula is C60H109NO10. The van der Waals surface area contributed by atoms with Crippen LogP contribution in [-0.2, 0) is 14.3 Å². The normalized spacial score (nSPS) is 20.6. The largest absolute Gasteiger partial charge is 0.394 e. The van der Waals surface area contributed by atoms with Crippen LogP contribution in [0.1, 0.15) is 245 Å². The number of aliphatic hydroxyl groups excluding tert-OH is 7. The molecule has 1 fully saturated rings. The number of nitrogens with one attached hydrogen (secondary N) is 1. The van der Waals surface area contributed by atoms with Crippen LogP contribution in [0, 0.1) is 0 Å². The molecule has 0 aliphatic carbocycles. The predicted octanol–water partition coefficient (Wildman–Crippen LogP) is 12.2. The fourth-order valence-electron chi connectivity index (χ4n) is 9.10. The second-order valence-electron chi connectivity index (χ2n) is 20.3. The summed E-state index contributed by atoms with van der Waals surface area (Å²) in [7, 11) is 0. The van der Waals surface area contributed by atoms with Crippen molar-refractivity contribution in [3.05, 3.63) is 60.8 Å². The van der Waals surface area contributed by atoms with Crippen molar-refractivity contribution >= 4 is 5.91 Å². The molecule has 9 unspecified atom stereocenters. The quantitative estimate of drug-likeness (QED) is 0.0215. The monoisotopic (exact) mass is 1000 g/mol. The highest BCUT2D eigenvalue weighted by Gasteiger charge is 2.44. The number of aliphatic hydroxyl groups is 7. The molecule has 11 nitrogen and oxygen atoms in total. The van der Waals surface area contributed by atoms with Crippen molar-refractivity contribution in [1.29, 1.82) is 0 Å². The van der Waals surface area contributed by atoms with Crippen LogP contribution in [0.5, 0.6) is 0 Å². The molecule has 1 aliphatic heterocycles. The lowest BCUT2D eigenvalue weighted by Gasteiger charge is -2.40. The summed E-state index contributed by atoms with van der Waals surface area (Å²) in [6, 6.07) is -1.20. The Kier molecular flexibility index (Phi) is 45.9. The second-order valence-corrected chi connectivity index (χ2v) is 20.3. The zero-order chi connectivity index (χ0) is 51.8. The highest BCUT2D eigenvalue weighted by molar-refractivity contribution is 5.80. The average molecular weight is 1000 g/mol. The number of allylic oxidation sites excluding steroid dienone is 10. The summed E-state index contributed by atoms with van der Waals surface area (Å²) in [6.45, 7) is 3.21. The van der Waals surface area contributed by atoms with E-state index in [9.17, 15) is 40.5 Å². The van der Waals surface area contributed by atoms with Crippen molar-refractivity contribution in [2.24, 2.45) is 0 Å². The molecule has 1 saturated heterocycles. The number of amides is 1. The Labute approximate surface area is 433 Å². The van der Waals surface area contributed by atoms with Gasteiger partial charge in [-0.05, 0) is 90.4 Å². The molecule has 0 saturated carbocycles. The van der Waals surface area contributed by atoms with Crippen LogP contribution in [0.3, 0.4) is 0 Å². The molecule has 0 radical (unpaired) electrons. The fourth-order valence-corrected chi connectivity index (χ4v) is 9.10. The number of hydrogen-bond donors (Lipinski definition) is 8. The third-order valence-electron chi connectivity index (χ3n) is 13.8. The SMILES string of the molecule is C/C=C/CC/C=C/CC/C=C/CCCC(O)C(O)C(COC1OC(CO)C(O)C(O)C1O)NC(=O)C(O)CCCCCCCCCCCCCCCCCC/C=C\C/C=C\CCCCCCCCCCC. The fraction of sp³-hybridized carbons (Fsp3) is 0.817. The van der Waals surface area contributed by atoms with Crippen molar-refractivity contribution in [2.45, 2.75) is 300 Å². The van der Waals surface area contributed by atoms with E-state index in [2.05, 4.69) is 66.9 Å². The molecule has 9 atom stereocenters. The molecule has 1 amide bonds. The number of ether oxygens (including phenoxy) is 2. The van der Waals surface area contributed by atoms with Gasteiger partial charge >= 0.3 is 0 Å². The van der Waals surface area contributed by atoms with Crippen molar-refractivity contribution in [3.8, 4) is 0 Å². The number of unbranched alkanes of at least 4 members (excludes halogenated alkanes) is 28. The van der Waals surface area contributed by atoms with Gasteiger partial charge in [0, 0.05) is 0 Å². The Bertz CT molecular complexity index is 1340. The van der Waals surface area contributed by atoms with E-state index in [0.29, 0.717) is 19.3 Å². The summed E-state index contributed by atoms with van der Waals surface area (Å²) in [4.78, 5) is 13.1. The first-order chi connectivity index (χ1) is 34.7. The Morgan fingerprint density at radius 2 is 0.944 bits per heavy atom. The van der Waals surface area contributed by atoms with Gasteiger partial charge in [-0.3, -0.25) is 4.79 Å². The summed E-state index contributed by atoms with van der Waals surface area (Å²) in [6.07, 6.45) is 51.8. The van der Waals surface area contributed by atoms with E-state index in [4.69, 9.17) is 9.47 Å². The first-order valence-corrected chi connectivity index (χ1v) is 29.2. The summed E-state index contributed by atoms with van der Waals surface area (Å²) >= 11 is 0. The molecule has 0 spiro atoms. The van der Waals surface area contributed by atoms with Crippen LogP contribution < -0.4 is 5.32 Å². The van der Waals surface area contributed by atoms with E-state index in [1.54, 1.807) is 0 Å². The average Bonchev–Trinajstić information content (AvgIpc) is 3.37. The molecule has 0 aromatic heterocycles. The van der Waals surface area contributed by atoms with Crippen molar-refractivity contribution in [2.75, 3.05) is 13.2 Å². The van der Waals surface area contributed by atoms with Gasteiger partial charge in [-0.2, -0.15) is 0 Å². The highest BCUT2D eigenvalue weighted by atomic mass is 16.7. The Hall–Kier alpha value is -2.19. The van der Waals surface area contributed by atoms with Crippen LogP contribution in [0.4, 0.5) is 0 Å². The van der Waals surface area contributed by atoms with E-state index < -0.39 is 74.2 Å². The Morgan fingerprint density at radius 3 is 1.42 bits per heavy atom. The molecular weight excluding hydrogens is 895 g/mol. The highest BCUT2D eigenvalue weighted by Crippen LogP contribution is 2.23. The van der Waals surface area contributed by atoms with E-state index in [-0.39, 0.29) is 12.8 Å². The van der Waals surface area contributed by atoms with E-state index in [1.807, 2.05) is 13.0 Å². The Morgan fingerprint density at radius 1 is 0.521 bits per heavy atom. The third-order valence-corrected chi connectivity index (χ3v) is 13.8. The molecule has 1 aliphatic rings.